The van der Waals surface area contributed by atoms with Gasteiger partial charge in [0.25, 0.3) is 0 Å². The fourth-order valence-electron chi connectivity index (χ4n) is 3.28. The highest BCUT2D eigenvalue weighted by atomic mass is 16.5. The summed E-state index contributed by atoms with van der Waals surface area (Å²) in [5.41, 5.74) is 3.37. The Labute approximate surface area is 141 Å². The molecular formula is C18H21N5O. The Kier molecular flexibility index (Phi) is 4.00. The maximum absolute atomic E-state index is 5.68. The van der Waals surface area contributed by atoms with E-state index in [-0.39, 0.29) is 6.04 Å². The molecule has 3 aromatic rings. The average molecular weight is 323 g/mol. The lowest BCUT2D eigenvalue weighted by Gasteiger charge is -2.34. The number of benzene rings is 1. The second-order valence-electron chi connectivity index (χ2n) is 6.28. The molecule has 0 amide bonds. The molecule has 0 aliphatic carbocycles. The van der Waals surface area contributed by atoms with Gasteiger partial charge >= 0.3 is 0 Å². The van der Waals surface area contributed by atoms with Crippen molar-refractivity contribution in [2.45, 2.75) is 19.5 Å². The summed E-state index contributed by atoms with van der Waals surface area (Å²) >= 11 is 0. The van der Waals surface area contributed by atoms with Crippen LogP contribution in [0.2, 0.25) is 0 Å². The van der Waals surface area contributed by atoms with Gasteiger partial charge in [-0.2, -0.15) is 5.10 Å². The van der Waals surface area contributed by atoms with Gasteiger partial charge in [0.15, 0.2) is 0 Å². The first kappa shape index (κ1) is 15.2. The van der Waals surface area contributed by atoms with Crippen molar-refractivity contribution in [2.75, 3.05) is 19.8 Å². The van der Waals surface area contributed by atoms with Gasteiger partial charge in [0, 0.05) is 31.2 Å². The first-order valence-electron chi connectivity index (χ1n) is 8.23. The average Bonchev–Trinajstić information content (AvgIpc) is 3.01. The Hall–Kier alpha value is -2.31. The Bertz CT molecular complexity index is 859. The van der Waals surface area contributed by atoms with Crippen LogP contribution in [-0.4, -0.2) is 44.4 Å². The maximum atomic E-state index is 5.68. The molecule has 1 aliphatic heterocycles. The first-order valence-corrected chi connectivity index (χ1v) is 8.23. The number of ether oxygens (including phenoxy) is 1. The van der Waals surface area contributed by atoms with E-state index in [0.29, 0.717) is 6.61 Å². The SMILES string of the molecule is Cc1ccc2cc(CN3CCOCC3c3ncnn3C)ccc2n1. The Morgan fingerprint density at radius 1 is 1.25 bits per heavy atom. The highest BCUT2D eigenvalue weighted by Crippen LogP contribution is 2.25. The first-order chi connectivity index (χ1) is 11.7. The third kappa shape index (κ3) is 2.90. The van der Waals surface area contributed by atoms with Crippen LogP contribution in [0.25, 0.3) is 10.9 Å². The lowest BCUT2D eigenvalue weighted by Crippen LogP contribution is -2.40. The lowest BCUT2D eigenvalue weighted by atomic mass is 10.1. The molecule has 1 fully saturated rings. The van der Waals surface area contributed by atoms with E-state index >= 15 is 0 Å². The fraction of sp³-hybridized carbons (Fsp3) is 0.389. The van der Waals surface area contributed by atoms with Crippen molar-refractivity contribution in [2.24, 2.45) is 7.05 Å². The fourth-order valence-corrected chi connectivity index (χ4v) is 3.28. The van der Waals surface area contributed by atoms with Crippen LogP contribution < -0.4 is 0 Å². The van der Waals surface area contributed by atoms with E-state index in [1.807, 2.05) is 18.7 Å². The molecule has 6 nitrogen and oxygen atoms in total. The normalized spacial score (nSPS) is 19.0. The van der Waals surface area contributed by atoms with Crippen molar-refractivity contribution in [3.8, 4) is 0 Å². The monoisotopic (exact) mass is 323 g/mol. The van der Waals surface area contributed by atoms with E-state index < -0.39 is 0 Å². The van der Waals surface area contributed by atoms with Crippen LogP contribution in [0, 0.1) is 6.92 Å². The zero-order chi connectivity index (χ0) is 16.5. The van der Waals surface area contributed by atoms with Gasteiger partial charge in [-0.1, -0.05) is 12.1 Å². The van der Waals surface area contributed by atoms with Crippen molar-refractivity contribution in [3.05, 3.63) is 53.7 Å². The summed E-state index contributed by atoms with van der Waals surface area (Å²) in [5, 5.41) is 5.38. The van der Waals surface area contributed by atoms with Crippen LogP contribution >= 0.6 is 0 Å². The molecule has 6 heteroatoms. The van der Waals surface area contributed by atoms with Gasteiger partial charge in [0.2, 0.25) is 0 Å². The Morgan fingerprint density at radius 2 is 2.17 bits per heavy atom. The molecule has 0 spiro atoms. The number of hydrogen-bond acceptors (Lipinski definition) is 5. The van der Waals surface area contributed by atoms with E-state index in [1.165, 1.54) is 10.9 Å². The number of rotatable bonds is 3. The van der Waals surface area contributed by atoms with Crippen LogP contribution in [-0.2, 0) is 18.3 Å². The molecule has 0 radical (unpaired) electrons. The molecule has 1 saturated heterocycles. The maximum Gasteiger partial charge on any atom is 0.146 e. The molecule has 124 valence electrons. The van der Waals surface area contributed by atoms with Crippen molar-refractivity contribution in [3.63, 3.8) is 0 Å². The Balaban J connectivity index is 1.60. The molecule has 1 aromatic carbocycles. The summed E-state index contributed by atoms with van der Waals surface area (Å²) in [5.74, 6) is 0.952. The van der Waals surface area contributed by atoms with Gasteiger partial charge < -0.3 is 4.74 Å². The number of nitrogens with zero attached hydrogens (tertiary/aromatic N) is 5. The van der Waals surface area contributed by atoms with Gasteiger partial charge in [-0.3, -0.25) is 14.6 Å². The van der Waals surface area contributed by atoms with E-state index in [2.05, 4.69) is 50.3 Å². The van der Waals surface area contributed by atoms with Gasteiger partial charge in [-0.25, -0.2) is 4.98 Å². The van der Waals surface area contributed by atoms with Gasteiger partial charge in [-0.05, 0) is 30.7 Å². The second kappa shape index (κ2) is 6.30. The number of morpholine rings is 1. The Morgan fingerprint density at radius 3 is 3.00 bits per heavy atom. The third-order valence-electron chi connectivity index (χ3n) is 4.56. The summed E-state index contributed by atoms with van der Waals surface area (Å²) in [6.07, 6.45) is 1.60. The minimum atomic E-state index is 0.137. The molecule has 2 aromatic heterocycles. The minimum absolute atomic E-state index is 0.137. The topological polar surface area (TPSA) is 56.1 Å². The standard InChI is InChI=1S/C18H21N5O/c1-13-3-5-15-9-14(4-6-16(15)21-13)10-23-7-8-24-11-17(23)18-19-12-20-22(18)2/h3-6,9,12,17H,7-8,10-11H2,1-2H3. The van der Waals surface area contributed by atoms with Crippen LogP contribution in [0.5, 0.6) is 0 Å². The highest BCUT2D eigenvalue weighted by molar-refractivity contribution is 5.79. The molecule has 0 saturated carbocycles. The van der Waals surface area contributed by atoms with Crippen molar-refractivity contribution in [1.29, 1.82) is 0 Å². The zero-order valence-corrected chi connectivity index (χ0v) is 14.0. The molecular weight excluding hydrogens is 302 g/mol. The molecule has 24 heavy (non-hydrogen) atoms. The summed E-state index contributed by atoms with van der Waals surface area (Å²) in [6, 6.07) is 10.8. The molecule has 4 rings (SSSR count). The summed E-state index contributed by atoms with van der Waals surface area (Å²) in [7, 11) is 1.93. The number of aromatic nitrogens is 4. The van der Waals surface area contributed by atoms with E-state index in [4.69, 9.17) is 4.74 Å². The largest absolute Gasteiger partial charge is 0.378 e. The van der Waals surface area contributed by atoms with Gasteiger partial charge in [-0.15, -0.1) is 0 Å². The van der Waals surface area contributed by atoms with Gasteiger partial charge in [0.05, 0.1) is 24.8 Å². The summed E-state index contributed by atoms with van der Waals surface area (Å²) < 4.78 is 7.51. The summed E-state index contributed by atoms with van der Waals surface area (Å²) in [6.45, 7) is 5.18. The predicted molar refractivity (Wildman–Crippen MR) is 91.5 cm³/mol. The zero-order valence-electron chi connectivity index (χ0n) is 14.0. The smallest absolute Gasteiger partial charge is 0.146 e. The molecule has 0 bridgehead atoms. The minimum Gasteiger partial charge on any atom is -0.378 e. The van der Waals surface area contributed by atoms with E-state index in [9.17, 15) is 0 Å². The van der Waals surface area contributed by atoms with Crippen molar-refractivity contribution in [1.82, 2.24) is 24.6 Å². The number of fused-ring (bicyclic) bond motifs is 1. The number of hydrogen-bond donors (Lipinski definition) is 0. The van der Waals surface area contributed by atoms with Crippen molar-refractivity contribution < 1.29 is 4.74 Å². The highest BCUT2D eigenvalue weighted by Gasteiger charge is 2.28. The van der Waals surface area contributed by atoms with Crippen LogP contribution in [0.15, 0.2) is 36.7 Å². The van der Waals surface area contributed by atoms with Crippen LogP contribution in [0.4, 0.5) is 0 Å². The summed E-state index contributed by atoms with van der Waals surface area (Å²) in [4.78, 5) is 11.4. The van der Waals surface area contributed by atoms with Gasteiger partial charge in [0.1, 0.15) is 12.2 Å². The second-order valence-corrected chi connectivity index (χ2v) is 6.28. The molecule has 3 heterocycles. The molecule has 1 aliphatic rings. The van der Waals surface area contributed by atoms with E-state index in [1.54, 1.807) is 6.33 Å². The van der Waals surface area contributed by atoms with Crippen LogP contribution in [0.3, 0.4) is 0 Å². The predicted octanol–water partition coefficient (Wildman–Crippen LogP) is 2.25. The lowest BCUT2D eigenvalue weighted by molar-refractivity contribution is -0.0171. The molecule has 1 atom stereocenters. The number of aryl methyl sites for hydroxylation is 2. The molecule has 1 unspecified atom stereocenters. The quantitative estimate of drug-likeness (QED) is 0.740. The van der Waals surface area contributed by atoms with Crippen LogP contribution in [0.1, 0.15) is 23.1 Å². The number of pyridine rings is 1. The van der Waals surface area contributed by atoms with Crippen molar-refractivity contribution >= 4 is 10.9 Å². The third-order valence-corrected chi connectivity index (χ3v) is 4.56. The van der Waals surface area contributed by atoms with E-state index in [0.717, 1.165) is 36.7 Å². The molecule has 0 N–H and O–H groups in total.